The van der Waals surface area contributed by atoms with Gasteiger partial charge in [-0.2, -0.15) is 0 Å². The third-order valence-electron chi connectivity index (χ3n) is 5.83. The van der Waals surface area contributed by atoms with E-state index in [1.165, 1.54) is 4.90 Å². The number of imide groups is 1. The minimum atomic E-state index is -0.920. The van der Waals surface area contributed by atoms with Crippen LogP contribution in [-0.4, -0.2) is 54.6 Å². The lowest BCUT2D eigenvalue weighted by Gasteiger charge is -2.28. The number of oxime groups is 1. The van der Waals surface area contributed by atoms with Crippen molar-refractivity contribution in [2.75, 3.05) is 14.2 Å². The monoisotopic (exact) mass is 438 g/mol. The van der Waals surface area contributed by atoms with Crippen molar-refractivity contribution in [3.63, 3.8) is 0 Å². The number of methoxy groups -OCH3 is 2. The molecule has 2 heterocycles. The molecule has 2 atom stereocenters. The number of hydrogen-bond donors (Lipinski definition) is 0. The van der Waals surface area contributed by atoms with Crippen LogP contribution in [0, 0.1) is 0 Å². The highest BCUT2D eigenvalue weighted by molar-refractivity contribution is 6.07. The van der Waals surface area contributed by atoms with E-state index in [0.29, 0.717) is 29.2 Å². The van der Waals surface area contributed by atoms with Gasteiger partial charge in [0.15, 0.2) is 0 Å². The average Bonchev–Trinajstić information content (AvgIpc) is 3.36. The largest absolute Gasteiger partial charge is 0.497 e. The second kappa shape index (κ2) is 8.53. The number of hydrogen-bond acceptors (Lipinski definition) is 7. The molecule has 4 rings (SSSR count). The Hall–Kier alpha value is -3.55. The fourth-order valence-electron chi connectivity index (χ4n) is 4.06. The van der Waals surface area contributed by atoms with Gasteiger partial charge in [-0.1, -0.05) is 35.5 Å². The summed E-state index contributed by atoms with van der Waals surface area (Å²) >= 11 is 0. The number of ether oxygens (including phenoxy) is 3. The number of benzene rings is 2. The summed E-state index contributed by atoms with van der Waals surface area (Å²) < 4.78 is 16.2. The van der Waals surface area contributed by atoms with E-state index >= 15 is 0 Å². The Bertz CT molecular complexity index is 1050. The standard InChI is InChI=1S/C24H26N2O6/c1-24(2)21(12-15-8-6-5-7-9-15)26(23(28)31-24)22(27)20-14-18(25-32-20)17-11-10-16(29-3)13-19(17)30-4/h5-11,13,20-21H,12,14H2,1-4H3/t20-,21-/m0/s1. The molecule has 8 heteroatoms. The second-order valence-corrected chi connectivity index (χ2v) is 8.29. The smallest absolute Gasteiger partial charge is 0.417 e. The Labute approximate surface area is 186 Å². The van der Waals surface area contributed by atoms with E-state index in [9.17, 15) is 9.59 Å². The summed E-state index contributed by atoms with van der Waals surface area (Å²) in [5.41, 5.74) is 1.45. The topological polar surface area (TPSA) is 86.7 Å². The number of amides is 2. The van der Waals surface area contributed by atoms with Gasteiger partial charge in [-0.3, -0.25) is 4.79 Å². The van der Waals surface area contributed by atoms with Crippen LogP contribution in [-0.2, 0) is 20.8 Å². The van der Waals surface area contributed by atoms with Crippen LogP contribution < -0.4 is 9.47 Å². The molecule has 1 saturated heterocycles. The van der Waals surface area contributed by atoms with Crippen LogP contribution >= 0.6 is 0 Å². The van der Waals surface area contributed by atoms with Crippen molar-refractivity contribution < 1.29 is 28.6 Å². The predicted molar refractivity (Wildman–Crippen MR) is 117 cm³/mol. The Morgan fingerprint density at radius 2 is 1.91 bits per heavy atom. The highest BCUT2D eigenvalue weighted by Gasteiger charge is 2.52. The molecule has 1 fully saturated rings. The van der Waals surface area contributed by atoms with Gasteiger partial charge in [0.05, 0.1) is 26.0 Å². The molecule has 0 spiro atoms. The molecule has 2 aliphatic rings. The van der Waals surface area contributed by atoms with Crippen LogP contribution in [0.5, 0.6) is 11.5 Å². The highest BCUT2D eigenvalue weighted by Crippen LogP contribution is 2.34. The minimum absolute atomic E-state index is 0.212. The van der Waals surface area contributed by atoms with Crippen LogP contribution in [0.15, 0.2) is 53.7 Å². The number of rotatable bonds is 6. The van der Waals surface area contributed by atoms with Crippen LogP contribution in [0.2, 0.25) is 0 Å². The lowest BCUT2D eigenvalue weighted by Crippen LogP contribution is -2.49. The molecule has 2 amide bonds. The first-order chi connectivity index (χ1) is 15.3. The Morgan fingerprint density at radius 3 is 2.59 bits per heavy atom. The van der Waals surface area contributed by atoms with E-state index in [-0.39, 0.29) is 6.42 Å². The first kappa shape index (κ1) is 21.7. The van der Waals surface area contributed by atoms with E-state index in [1.54, 1.807) is 32.4 Å². The Kier molecular flexibility index (Phi) is 5.78. The molecule has 0 bridgehead atoms. The third-order valence-corrected chi connectivity index (χ3v) is 5.83. The zero-order valence-corrected chi connectivity index (χ0v) is 18.5. The summed E-state index contributed by atoms with van der Waals surface area (Å²) in [6.45, 7) is 3.62. The minimum Gasteiger partial charge on any atom is -0.497 e. The van der Waals surface area contributed by atoms with Gasteiger partial charge >= 0.3 is 6.09 Å². The maximum Gasteiger partial charge on any atom is 0.417 e. The Morgan fingerprint density at radius 1 is 1.16 bits per heavy atom. The molecule has 0 aromatic heterocycles. The summed E-state index contributed by atoms with van der Waals surface area (Å²) in [7, 11) is 3.12. The zero-order valence-electron chi connectivity index (χ0n) is 18.5. The van der Waals surface area contributed by atoms with Crippen molar-refractivity contribution in [2.24, 2.45) is 5.16 Å². The summed E-state index contributed by atoms with van der Waals surface area (Å²) in [5, 5.41) is 4.11. The maximum atomic E-state index is 13.4. The lowest BCUT2D eigenvalue weighted by atomic mass is 9.91. The van der Waals surface area contributed by atoms with E-state index in [2.05, 4.69) is 5.16 Å². The molecular formula is C24H26N2O6. The number of nitrogens with zero attached hydrogens (tertiary/aromatic N) is 2. The van der Waals surface area contributed by atoms with Crippen LogP contribution in [0.25, 0.3) is 0 Å². The van der Waals surface area contributed by atoms with Gasteiger partial charge in [0.2, 0.25) is 6.10 Å². The quantitative estimate of drug-likeness (QED) is 0.685. The van der Waals surface area contributed by atoms with E-state index in [4.69, 9.17) is 19.0 Å². The van der Waals surface area contributed by atoms with Gasteiger partial charge in [0.1, 0.15) is 17.1 Å². The fourth-order valence-corrected chi connectivity index (χ4v) is 4.06. The van der Waals surface area contributed by atoms with Gasteiger partial charge in [-0.25, -0.2) is 9.69 Å². The lowest BCUT2D eigenvalue weighted by molar-refractivity contribution is -0.140. The summed E-state index contributed by atoms with van der Waals surface area (Å²) in [6, 6.07) is 14.6. The van der Waals surface area contributed by atoms with Gasteiger partial charge < -0.3 is 19.0 Å². The molecular weight excluding hydrogens is 412 g/mol. The first-order valence-electron chi connectivity index (χ1n) is 10.4. The molecule has 168 valence electrons. The molecule has 2 aliphatic heterocycles. The van der Waals surface area contributed by atoms with E-state index < -0.39 is 29.7 Å². The highest BCUT2D eigenvalue weighted by atomic mass is 16.6. The maximum absolute atomic E-state index is 13.4. The van der Waals surface area contributed by atoms with Gasteiger partial charge in [-0.15, -0.1) is 0 Å². The molecule has 0 aliphatic carbocycles. The fraction of sp³-hybridized carbons (Fsp3) is 0.375. The van der Waals surface area contributed by atoms with Crippen molar-refractivity contribution in [1.29, 1.82) is 0 Å². The SMILES string of the molecule is COc1ccc(C2=NO[C@H](C(=O)N3C(=O)OC(C)(C)[C@@H]3Cc3ccccc3)C2)c(OC)c1. The predicted octanol–water partition coefficient (Wildman–Crippen LogP) is 3.57. The summed E-state index contributed by atoms with van der Waals surface area (Å²) in [4.78, 5) is 32.7. The van der Waals surface area contributed by atoms with Crippen LogP contribution in [0.3, 0.4) is 0 Å². The van der Waals surface area contributed by atoms with Gasteiger partial charge in [-0.05, 0) is 38.0 Å². The number of cyclic esters (lactones) is 1. The van der Waals surface area contributed by atoms with Crippen molar-refractivity contribution in [3.05, 3.63) is 59.7 Å². The van der Waals surface area contributed by atoms with Crippen molar-refractivity contribution >= 4 is 17.7 Å². The molecule has 8 nitrogen and oxygen atoms in total. The Balaban J connectivity index is 1.53. The first-order valence-corrected chi connectivity index (χ1v) is 10.4. The molecule has 0 unspecified atom stereocenters. The number of carbonyl (C=O) groups excluding carboxylic acids is 2. The van der Waals surface area contributed by atoms with E-state index in [1.807, 2.05) is 44.2 Å². The third kappa shape index (κ3) is 4.00. The van der Waals surface area contributed by atoms with Crippen molar-refractivity contribution in [3.8, 4) is 11.5 Å². The van der Waals surface area contributed by atoms with Gasteiger partial charge in [0.25, 0.3) is 5.91 Å². The number of carbonyl (C=O) groups is 2. The average molecular weight is 438 g/mol. The molecule has 2 aromatic carbocycles. The normalized spacial score (nSPS) is 21.6. The summed E-state index contributed by atoms with van der Waals surface area (Å²) in [5.74, 6) is 0.736. The zero-order chi connectivity index (χ0) is 22.9. The molecule has 2 aromatic rings. The van der Waals surface area contributed by atoms with E-state index in [0.717, 1.165) is 5.56 Å². The van der Waals surface area contributed by atoms with Gasteiger partial charge in [0, 0.05) is 18.1 Å². The molecule has 32 heavy (non-hydrogen) atoms. The molecule has 0 saturated carbocycles. The molecule has 0 radical (unpaired) electrons. The van der Waals surface area contributed by atoms with Crippen LogP contribution in [0.1, 0.15) is 31.4 Å². The molecule has 0 N–H and O–H groups in total. The summed E-state index contributed by atoms with van der Waals surface area (Å²) in [6.07, 6.45) is -0.890. The second-order valence-electron chi connectivity index (χ2n) is 8.29. The van der Waals surface area contributed by atoms with Crippen molar-refractivity contribution in [1.82, 2.24) is 4.90 Å². The van der Waals surface area contributed by atoms with Crippen molar-refractivity contribution in [2.45, 2.75) is 44.4 Å². The van der Waals surface area contributed by atoms with Crippen LogP contribution in [0.4, 0.5) is 4.79 Å².